The zero-order chi connectivity index (χ0) is 5.40. The molecule has 8 heavy (non-hydrogen) atoms. The first-order valence-electron chi connectivity index (χ1n) is 3.10. The summed E-state index contributed by atoms with van der Waals surface area (Å²) in [6, 6.07) is 0. The Morgan fingerprint density at radius 2 is 2.50 bits per heavy atom. The molecule has 2 heteroatoms. The summed E-state index contributed by atoms with van der Waals surface area (Å²) in [5, 5.41) is 6.66. The lowest BCUT2D eigenvalue weighted by Crippen LogP contribution is -2.37. The van der Waals surface area contributed by atoms with E-state index in [0.29, 0.717) is 6.17 Å². The van der Waals surface area contributed by atoms with Crippen LogP contribution in [-0.2, 0) is 0 Å². The highest BCUT2D eigenvalue weighted by molar-refractivity contribution is 5.15. The van der Waals surface area contributed by atoms with Crippen LogP contribution < -0.4 is 10.6 Å². The lowest BCUT2D eigenvalue weighted by molar-refractivity contribution is 0.506. The number of hydrogen-bond acceptors (Lipinski definition) is 2. The molecule has 2 bridgehead atoms. The molecule has 1 unspecified atom stereocenters. The van der Waals surface area contributed by atoms with Gasteiger partial charge in [-0.15, -0.1) is 0 Å². The quantitative estimate of drug-likeness (QED) is 0.423. The Labute approximate surface area is 49.0 Å². The van der Waals surface area contributed by atoms with Crippen LogP contribution in [0.3, 0.4) is 0 Å². The highest BCUT2D eigenvalue weighted by Crippen LogP contribution is 2.13. The zero-order valence-electron chi connectivity index (χ0n) is 4.78. The van der Waals surface area contributed by atoms with Crippen molar-refractivity contribution in [2.24, 2.45) is 0 Å². The van der Waals surface area contributed by atoms with E-state index in [9.17, 15) is 0 Å². The van der Waals surface area contributed by atoms with Crippen molar-refractivity contribution in [2.45, 2.75) is 12.6 Å². The van der Waals surface area contributed by atoms with E-state index in [1.165, 1.54) is 6.42 Å². The van der Waals surface area contributed by atoms with Crippen LogP contribution in [0.2, 0.25) is 0 Å². The summed E-state index contributed by atoms with van der Waals surface area (Å²) in [6.07, 6.45) is 4.09. The fourth-order valence-corrected chi connectivity index (χ4v) is 1.31. The maximum absolute atomic E-state index is 3.34. The minimum atomic E-state index is 0.593. The van der Waals surface area contributed by atoms with E-state index in [-0.39, 0.29) is 0 Å². The average molecular weight is 110 g/mol. The third-order valence-corrected chi connectivity index (χ3v) is 1.80. The molecule has 2 N–H and O–H groups in total. The van der Waals surface area contributed by atoms with Crippen molar-refractivity contribution in [3.05, 3.63) is 11.6 Å². The molecule has 0 aromatic heterocycles. The first-order valence-corrected chi connectivity index (χ1v) is 3.10. The van der Waals surface area contributed by atoms with Gasteiger partial charge >= 0.3 is 0 Å². The second-order valence-corrected chi connectivity index (χ2v) is 2.41. The summed E-state index contributed by atoms with van der Waals surface area (Å²) in [5.41, 5.74) is 1.58. The van der Waals surface area contributed by atoms with Gasteiger partial charge in [-0.1, -0.05) is 11.6 Å². The van der Waals surface area contributed by atoms with Gasteiger partial charge < -0.3 is 0 Å². The molecule has 0 saturated carbocycles. The summed E-state index contributed by atoms with van der Waals surface area (Å²) in [7, 11) is 0. The normalized spacial score (nSPS) is 35.0. The van der Waals surface area contributed by atoms with Crippen LogP contribution in [0, 0.1) is 0 Å². The second kappa shape index (κ2) is 1.57. The van der Waals surface area contributed by atoms with Gasteiger partial charge in [-0.3, -0.25) is 10.6 Å². The number of hydrogen-bond donors (Lipinski definition) is 2. The maximum atomic E-state index is 3.34. The van der Waals surface area contributed by atoms with Crippen molar-refractivity contribution in [1.29, 1.82) is 0 Å². The summed E-state index contributed by atoms with van der Waals surface area (Å²) in [5.74, 6) is 0. The van der Waals surface area contributed by atoms with Gasteiger partial charge in [0.1, 0.15) is 0 Å². The number of fused-ring (bicyclic) bond motifs is 2. The van der Waals surface area contributed by atoms with E-state index in [1.54, 1.807) is 5.57 Å². The molecule has 1 atom stereocenters. The van der Waals surface area contributed by atoms with Crippen LogP contribution in [0.4, 0.5) is 0 Å². The van der Waals surface area contributed by atoms with Crippen LogP contribution in [0.5, 0.6) is 0 Å². The van der Waals surface area contributed by atoms with Gasteiger partial charge in [0.25, 0.3) is 0 Å². The molecule has 2 aliphatic rings. The third-order valence-electron chi connectivity index (χ3n) is 1.80. The molecular weight excluding hydrogens is 100 g/mol. The van der Waals surface area contributed by atoms with Crippen LogP contribution in [0.1, 0.15) is 6.42 Å². The predicted octanol–water partition coefficient (Wildman–Crippen LogP) is -0.165. The highest BCUT2D eigenvalue weighted by Gasteiger charge is 2.19. The standard InChI is InChI=1S/C6H10N2/c1-2-7-6-3-5(1)4-8-6/h1,6-8H,2-4H2. The lowest BCUT2D eigenvalue weighted by Gasteiger charge is -2.12. The molecule has 0 aliphatic carbocycles. The van der Waals surface area contributed by atoms with Crippen molar-refractivity contribution in [2.75, 3.05) is 13.1 Å². The average Bonchev–Trinajstić information content (AvgIpc) is 2.12. The Balaban J connectivity index is 2.22. The zero-order valence-corrected chi connectivity index (χ0v) is 4.78. The Bertz CT molecular complexity index is 126. The summed E-state index contributed by atoms with van der Waals surface area (Å²) in [6.45, 7) is 2.17. The lowest BCUT2D eigenvalue weighted by atomic mass is 10.1. The SMILES string of the molecule is C1=C2CNC(C2)NC1. The molecule has 0 radical (unpaired) electrons. The second-order valence-electron chi connectivity index (χ2n) is 2.41. The Hall–Kier alpha value is -0.340. The first kappa shape index (κ1) is 4.53. The summed E-state index contributed by atoms with van der Waals surface area (Å²) < 4.78 is 0. The Morgan fingerprint density at radius 3 is 3.25 bits per heavy atom. The molecule has 2 aliphatic heterocycles. The Kier molecular flexibility index (Phi) is 0.889. The minimum Gasteiger partial charge on any atom is -0.298 e. The number of nitrogens with one attached hydrogen (secondary N) is 2. The van der Waals surface area contributed by atoms with Crippen LogP contribution in [0.15, 0.2) is 11.6 Å². The largest absolute Gasteiger partial charge is 0.298 e. The van der Waals surface area contributed by atoms with E-state index in [2.05, 4.69) is 16.7 Å². The molecule has 1 saturated heterocycles. The van der Waals surface area contributed by atoms with Crippen molar-refractivity contribution in [3.8, 4) is 0 Å². The number of rotatable bonds is 0. The van der Waals surface area contributed by atoms with Crippen molar-refractivity contribution in [3.63, 3.8) is 0 Å². The maximum Gasteiger partial charge on any atom is 0.0615 e. The molecular formula is C6H10N2. The van der Waals surface area contributed by atoms with Crippen LogP contribution >= 0.6 is 0 Å². The van der Waals surface area contributed by atoms with Crippen LogP contribution in [0.25, 0.3) is 0 Å². The van der Waals surface area contributed by atoms with Crippen molar-refractivity contribution in [1.82, 2.24) is 10.6 Å². The van der Waals surface area contributed by atoms with E-state index in [1.807, 2.05) is 0 Å². The predicted molar refractivity (Wildman–Crippen MR) is 32.5 cm³/mol. The van der Waals surface area contributed by atoms with Crippen LogP contribution in [-0.4, -0.2) is 19.3 Å². The monoisotopic (exact) mass is 110 g/mol. The molecule has 0 spiro atoms. The van der Waals surface area contributed by atoms with Gasteiger partial charge in [-0.05, 0) is 6.42 Å². The van der Waals surface area contributed by atoms with Gasteiger partial charge in [-0.25, -0.2) is 0 Å². The van der Waals surface area contributed by atoms with Gasteiger partial charge in [0, 0.05) is 13.1 Å². The highest BCUT2D eigenvalue weighted by atomic mass is 15.1. The van der Waals surface area contributed by atoms with Gasteiger partial charge in [0.2, 0.25) is 0 Å². The summed E-state index contributed by atoms with van der Waals surface area (Å²) in [4.78, 5) is 0. The third kappa shape index (κ3) is 0.572. The summed E-state index contributed by atoms with van der Waals surface area (Å²) >= 11 is 0. The van der Waals surface area contributed by atoms with Crippen molar-refractivity contribution < 1.29 is 0 Å². The molecule has 1 fully saturated rings. The van der Waals surface area contributed by atoms with E-state index < -0.39 is 0 Å². The van der Waals surface area contributed by atoms with E-state index >= 15 is 0 Å². The minimum absolute atomic E-state index is 0.593. The molecule has 2 rings (SSSR count). The van der Waals surface area contributed by atoms with Gasteiger partial charge in [-0.2, -0.15) is 0 Å². The smallest absolute Gasteiger partial charge is 0.0615 e. The molecule has 44 valence electrons. The fourth-order valence-electron chi connectivity index (χ4n) is 1.31. The van der Waals surface area contributed by atoms with E-state index in [0.717, 1.165) is 13.1 Å². The fraction of sp³-hybridized carbons (Fsp3) is 0.667. The van der Waals surface area contributed by atoms with Crippen molar-refractivity contribution >= 4 is 0 Å². The topological polar surface area (TPSA) is 24.1 Å². The molecule has 0 amide bonds. The van der Waals surface area contributed by atoms with Gasteiger partial charge in [0.15, 0.2) is 0 Å². The molecule has 2 nitrogen and oxygen atoms in total. The molecule has 0 aromatic rings. The molecule has 0 aromatic carbocycles. The Morgan fingerprint density at radius 1 is 1.50 bits per heavy atom. The van der Waals surface area contributed by atoms with Gasteiger partial charge in [0.05, 0.1) is 6.17 Å². The molecule has 2 heterocycles. The van der Waals surface area contributed by atoms with E-state index in [4.69, 9.17) is 0 Å². The first-order chi connectivity index (χ1) is 3.95.